The molecule has 0 amide bonds. The quantitative estimate of drug-likeness (QED) is 0.584. The van der Waals surface area contributed by atoms with Crippen LogP contribution in [0.15, 0.2) is 42.5 Å². The number of nitrogens with one attached hydrogen (secondary N) is 1. The second-order valence-corrected chi connectivity index (χ2v) is 3.64. The molecule has 0 aliphatic rings. The molecule has 0 aromatic heterocycles. The second-order valence-electron chi connectivity index (χ2n) is 3.64. The van der Waals surface area contributed by atoms with Crippen molar-refractivity contribution in [3.8, 4) is 0 Å². The Morgan fingerprint density at radius 3 is 2.60 bits per heavy atom. The first kappa shape index (κ1) is 10.1. The highest BCUT2D eigenvalue weighted by Gasteiger charge is 1.95. The zero-order valence-corrected chi connectivity index (χ0v) is 8.74. The van der Waals surface area contributed by atoms with Crippen molar-refractivity contribution >= 4 is 10.8 Å². The maximum Gasteiger partial charge on any atom is 0.0428 e. The van der Waals surface area contributed by atoms with Crippen molar-refractivity contribution in [2.24, 2.45) is 5.73 Å². The van der Waals surface area contributed by atoms with Crippen molar-refractivity contribution in [3.63, 3.8) is 0 Å². The van der Waals surface area contributed by atoms with Gasteiger partial charge in [0, 0.05) is 13.2 Å². The molecular formula is C13H16N2. The molecule has 15 heavy (non-hydrogen) atoms. The van der Waals surface area contributed by atoms with Crippen LogP contribution in [0, 0.1) is 0 Å². The highest BCUT2D eigenvalue weighted by atomic mass is 14.9. The Morgan fingerprint density at radius 2 is 1.80 bits per heavy atom. The van der Waals surface area contributed by atoms with E-state index in [-0.39, 0.29) is 0 Å². The van der Waals surface area contributed by atoms with Crippen LogP contribution in [0.3, 0.4) is 0 Å². The summed E-state index contributed by atoms with van der Waals surface area (Å²) in [5.41, 5.74) is 6.73. The van der Waals surface area contributed by atoms with Gasteiger partial charge in [-0.15, -0.1) is 0 Å². The molecular weight excluding hydrogens is 184 g/mol. The fourth-order valence-corrected chi connectivity index (χ4v) is 1.73. The number of nitrogens with two attached hydrogens (primary N) is 1. The average Bonchev–Trinajstić information content (AvgIpc) is 2.29. The maximum atomic E-state index is 5.37. The number of hydrogen-bond donors (Lipinski definition) is 2. The summed E-state index contributed by atoms with van der Waals surface area (Å²) in [6.45, 7) is 1.49. The fourth-order valence-electron chi connectivity index (χ4n) is 1.73. The lowest BCUT2D eigenvalue weighted by Gasteiger charge is -2.04. The highest BCUT2D eigenvalue weighted by Crippen LogP contribution is 2.15. The van der Waals surface area contributed by atoms with Crippen LogP contribution in [0.4, 0.5) is 0 Å². The summed E-state index contributed by atoms with van der Waals surface area (Å²) in [6.07, 6.45) is 1.03. The minimum atomic E-state index is 0.549. The summed E-state index contributed by atoms with van der Waals surface area (Å²) in [6, 6.07) is 15.0. The van der Waals surface area contributed by atoms with E-state index in [2.05, 4.69) is 47.8 Å². The Labute approximate surface area is 90.1 Å². The number of rotatable bonds is 4. The minimum absolute atomic E-state index is 0.549. The van der Waals surface area contributed by atoms with Gasteiger partial charge < -0.3 is 11.1 Å². The van der Waals surface area contributed by atoms with Gasteiger partial charge in [-0.2, -0.15) is 0 Å². The van der Waals surface area contributed by atoms with Gasteiger partial charge in [0.2, 0.25) is 0 Å². The van der Waals surface area contributed by atoms with E-state index in [1.807, 2.05) is 0 Å². The van der Waals surface area contributed by atoms with Crippen LogP contribution >= 0.6 is 0 Å². The molecule has 0 unspecified atom stereocenters. The van der Waals surface area contributed by atoms with E-state index in [0.29, 0.717) is 6.67 Å². The Kier molecular flexibility index (Phi) is 3.33. The zero-order chi connectivity index (χ0) is 10.5. The van der Waals surface area contributed by atoms with Gasteiger partial charge in [0.05, 0.1) is 0 Å². The zero-order valence-electron chi connectivity index (χ0n) is 8.74. The summed E-state index contributed by atoms with van der Waals surface area (Å²) in [4.78, 5) is 0. The van der Waals surface area contributed by atoms with Gasteiger partial charge in [0.25, 0.3) is 0 Å². The van der Waals surface area contributed by atoms with Crippen molar-refractivity contribution in [1.82, 2.24) is 5.32 Å². The van der Waals surface area contributed by atoms with E-state index in [9.17, 15) is 0 Å². The van der Waals surface area contributed by atoms with E-state index in [1.165, 1.54) is 16.3 Å². The van der Waals surface area contributed by atoms with Gasteiger partial charge in [-0.1, -0.05) is 42.5 Å². The summed E-state index contributed by atoms with van der Waals surface area (Å²) < 4.78 is 0. The van der Waals surface area contributed by atoms with Gasteiger partial charge in [-0.05, 0) is 22.8 Å². The molecule has 0 heterocycles. The molecule has 0 atom stereocenters. The van der Waals surface area contributed by atoms with Crippen molar-refractivity contribution in [2.75, 3.05) is 13.2 Å². The van der Waals surface area contributed by atoms with Gasteiger partial charge in [0.1, 0.15) is 0 Å². The van der Waals surface area contributed by atoms with Gasteiger partial charge in [-0.25, -0.2) is 0 Å². The number of benzene rings is 2. The molecule has 0 bridgehead atoms. The monoisotopic (exact) mass is 200 g/mol. The first-order chi connectivity index (χ1) is 7.40. The molecule has 78 valence electrons. The molecule has 0 saturated carbocycles. The first-order valence-corrected chi connectivity index (χ1v) is 5.28. The van der Waals surface area contributed by atoms with Gasteiger partial charge in [-0.3, -0.25) is 0 Å². The molecule has 2 heteroatoms. The van der Waals surface area contributed by atoms with E-state index in [4.69, 9.17) is 5.73 Å². The Hall–Kier alpha value is -1.38. The fraction of sp³-hybridized carbons (Fsp3) is 0.231. The van der Waals surface area contributed by atoms with Crippen molar-refractivity contribution in [3.05, 3.63) is 48.0 Å². The predicted octanol–water partition coefficient (Wildman–Crippen LogP) is 1.89. The van der Waals surface area contributed by atoms with Crippen LogP contribution in [0.25, 0.3) is 10.8 Å². The number of hydrogen-bond acceptors (Lipinski definition) is 2. The lowest BCUT2D eigenvalue weighted by atomic mass is 10.1. The number of fused-ring (bicyclic) bond motifs is 1. The Balaban J connectivity index is 2.16. The van der Waals surface area contributed by atoms with E-state index >= 15 is 0 Å². The summed E-state index contributed by atoms with van der Waals surface area (Å²) in [5.74, 6) is 0. The molecule has 2 nitrogen and oxygen atoms in total. The van der Waals surface area contributed by atoms with Crippen molar-refractivity contribution in [2.45, 2.75) is 6.42 Å². The normalized spacial score (nSPS) is 10.7. The van der Waals surface area contributed by atoms with Crippen LogP contribution in [-0.2, 0) is 6.42 Å². The summed E-state index contributed by atoms with van der Waals surface area (Å²) in [7, 11) is 0. The molecule has 0 radical (unpaired) electrons. The first-order valence-electron chi connectivity index (χ1n) is 5.28. The largest absolute Gasteiger partial charge is 0.318 e. The van der Waals surface area contributed by atoms with Crippen LogP contribution in [0.5, 0.6) is 0 Å². The molecule has 3 N–H and O–H groups in total. The van der Waals surface area contributed by atoms with Gasteiger partial charge in [0.15, 0.2) is 0 Å². The summed E-state index contributed by atoms with van der Waals surface area (Å²) >= 11 is 0. The topological polar surface area (TPSA) is 38.0 Å². The Morgan fingerprint density at radius 1 is 1.00 bits per heavy atom. The molecule has 0 saturated heterocycles. The molecule has 0 aliphatic carbocycles. The summed E-state index contributed by atoms with van der Waals surface area (Å²) in [5, 5.41) is 5.73. The minimum Gasteiger partial charge on any atom is -0.318 e. The second kappa shape index (κ2) is 4.91. The molecule has 2 aromatic rings. The Bertz CT molecular complexity index is 437. The highest BCUT2D eigenvalue weighted by molar-refractivity contribution is 5.82. The van der Waals surface area contributed by atoms with E-state index in [0.717, 1.165) is 13.0 Å². The van der Waals surface area contributed by atoms with Crippen LogP contribution in [0.2, 0.25) is 0 Å². The third-order valence-electron chi connectivity index (χ3n) is 2.55. The van der Waals surface area contributed by atoms with Gasteiger partial charge >= 0.3 is 0 Å². The molecule has 0 aliphatic heterocycles. The molecule has 2 aromatic carbocycles. The molecule has 0 fully saturated rings. The van der Waals surface area contributed by atoms with Crippen molar-refractivity contribution in [1.29, 1.82) is 0 Å². The maximum absolute atomic E-state index is 5.37. The predicted molar refractivity (Wildman–Crippen MR) is 64.7 cm³/mol. The van der Waals surface area contributed by atoms with Crippen LogP contribution < -0.4 is 11.1 Å². The lowest BCUT2D eigenvalue weighted by Crippen LogP contribution is -2.24. The standard InChI is InChI=1S/C13H16N2/c14-10-15-8-7-11-5-6-12-3-1-2-4-13(12)9-11/h1-6,9,15H,7-8,10,14H2. The SMILES string of the molecule is NCNCCc1ccc2ccccc2c1. The third-order valence-corrected chi connectivity index (χ3v) is 2.55. The smallest absolute Gasteiger partial charge is 0.0428 e. The third kappa shape index (κ3) is 2.55. The van der Waals surface area contributed by atoms with E-state index < -0.39 is 0 Å². The van der Waals surface area contributed by atoms with Crippen LogP contribution in [-0.4, -0.2) is 13.2 Å². The average molecular weight is 200 g/mol. The van der Waals surface area contributed by atoms with Crippen LogP contribution in [0.1, 0.15) is 5.56 Å². The van der Waals surface area contributed by atoms with Crippen molar-refractivity contribution < 1.29 is 0 Å². The molecule has 0 spiro atoms. The van der Waals surface area contributed by atoms with E-state index in [1.54, 1.807) is 0 Å². The molecule has 2 rings (SSSR count). The lowest BCUT2D eigenvalue weighted by molar-refractivity contribution is 0.701.